The molecule has 1 aliphatic carbocycles. The topological polar surface area (TPSA) is 52.4 Å². The molecule has 0 saturated carbocycles. The van der Waals surface area contributed by atoms with Crippen molar-refractivity contribution in [1.29, 1.82) is 0 Å². The van der Waals surface area contributed by atoms with Crippen LogP contribution in [0.4, 0.5) is 5.69 Å². The molecule has 0 fully saturated rings. The van der Waals surface area contributed by atoms with Crippen molar-refractivity contribution in [2.75, 3.05) is 0 Å². The molecule has 4 nitrogen and oxygen atoms in total. The lowest BCUT2D eigenvalue weighted by atomic mass is 10.0. The highest BCUT2D eigenvalue weighted by atomic mass is 16.6. The first-order chi connectivity index (χ1) is 9.70. The summed E-state index contributed by atoms with van der Waals surface area (Å²) in [7, 11) is 0. The standard InChI is InChI=1S/C16H19NO3/c1-2-13-12-14(17(18)19)10-11-16(13)20-15-8-6-4-3-5-7-9-15/h2,6,8,10-12,15H,1,3-5,7,9H2/b8-6-. The Kier molecular flexibility index (Phi) is 4.93. The molecule has 0 aromatic heterocycles. The highest BCUT2D eigenvalue weighted by Crippen LogP contribution is 2.27. The van der Waals surface area contributed by atoms with Crippen molar-refractivity contribution in [1.82, 2.24) is 0 Å². The van der Waals surface area contributed by atoms with Gasteiger partial charge in [0.25, 0.3) is 5.69 Å². The van der Waals surface area contributed by atoms with Crippen LogP contribution in [0.15, 0.2) is 36.9 Å². The third kappa shape index (κ3) is 3.70. The van der Waals surface area contributed by atoms with Crippen LogP contribution in [0.5, 0.6) is 5.75 Å². The molecule has 20 heavy (non-hydrogen) atoms. The van der Waals surface area contributed by atoms with E-state index in [2.05, 4.69) is 18.7 Å². The molecule has 0 aliphatic heterocycles. The van der Waals surface area contributed by atoms with Gasteiger partial charge in [-0.1, -0.05) is 25.2 Å². The van der Waals surface area contributed by atoms with Crippen molar-refractivity contribution in [2.24, 2.45) is 0 Å². The van der Waals surface area contributed by atoms with E-state index in [-0.39, 0.29) is 11.8 Å². The van der Waals surface area contributed by atoms with Gasteiger partial charge in [0.2, 0.25) is 0 Å². The summed E-state index contributed by atoms with van der Waals surface area (Å²) in [5.41, 5.74) is 0.718. The first kappa shape index (κ1) is 14.3. The van der Waals surface area contributed by atoms with Gasteiger partial charge < -0.3 is 4.74 Å². The minimum Gasteiger partial charge on any atom is -0.486 e. The molecule has 0 saturated heterocycles. The van der Waals surface area contributed by atoms with Crippen molar-refractivity contribution in [3.05, 3.63) is 52.6 Å². The van der Waals surface area contributed by atoms with E-state index >= 15 is 0 Å². The minimum atomic E-state index is -0.410. The van der Waals surface area contributed by atoms with Gasteiger partial charge in [-0.2, -0.15) is 0 Å². The van der Waals surface area contributed by atoms with Crippen LogP contribution < -0.4 is 4.74 Å². The molecule has 0 bridgehead atoms. The second-order valence-electron chi connectivity index (χ2n) is 4.91. The minimum absolute atomic E-state index is 0.0375. The van der Waals surface area contributed by atoms with Crippen LogP contribution in [-0.2, 0) is 0 Å². The van der Waals surface area contributed by atoms with Crippen molar-refractivity contribution in [3.63, 3.8) is 0 Å². The van der Waals surface area contributed by atoms with Crippen LogP contribution in [0.25, 0.3) is 6.08 Å². The highest BCUT2D eigenvalue weighted by Gasteiger charge is 2.13. The second kappa shape index (κ2) is 6.89. The number of rotatable bonds is 4. The molecule has 0 N–H and O–H groups in total. The highest BCUT2D eigenvalue weighted by molar-refractivity contribution is 5.59. The SMILES string of the molecule is C=Cc1cc([N+](=O)[O-])ccc1OC1/C=C\CCCCC1. The maximum absolute atomic E-state index is 10.8. The predicted octanol–water partition coefficient (Wildman–Crippen LogP) is 4.51. The van der Waals surface area contributed by atoms with E-state index in [9.17, 15) is 10.1 Å². The summed E-state index contributed by atoms with van der Waals surface area (Å²) in [5, 5.41) is 10.8. The van der Waals surface area contributed by atoms with Gasteiger partial charge in [0.1, 0.15) is 11.9 Å². The van der Waals surface area contributed by atoms with Gasteiger partial charge in [0, 0.05) is 17.7 Å². The Morgan fingerprint density at radius 2 is 2.20 bits per heavy atom. The second-order valence-corrected chi connectivity index (χ2v) is 4.91. The summed E-state index contributed by atoms with van der Waals surface area (Å²) >= 11 is 0. The molecule has 1 aromatic rings. The third-order valence-corrected chi connectivity index (χ3v) is 3.41. The van der Waals surface area contributed by atoms with Crippen molar-refractivity contribution in [2.45, 2.75) is 38.2 Å². The number of hydrogen-bond acceptors (Lipinski definition) is 3. The maximum Gasteiger partial charge on any atom is 0.270 e. The Morgan fingerprint density at radius 3 is 2.95 bits per heavy atom. The van der Waals surface area contributed by atoms with Gasteiger partial charge in [-0.15, -0.1) is 0 Å². The Morgan fingerprint density at radius 1 is 1.35 bits per heavy atom. The van der Waals surface area contributed by atoms with Crippen molar-refractivity contribution in [3.8, 4) is 5.75 Å². The fraction of sp³-hybridized carbons (Fsp3) is 0.375. The number of benzene rings is 1. The molecule has 0 radical (unpaired) electrons. The largest absolute Gasteiger partial charge is 0.486 e. The summed E-state index contributed by atoms with van der Waals surface area (Å²) in [4.78, 5) is 10.4. The molecule has 4 heteroatoms. The van der Waals surface area contributed by atoms with E-state index in [4.69, 9.17) is 4.74 Å². The van der Waals surface area contributed by atoms with E-state index in [1.807, 2.05) is 0 Å². The Balaban J connectivity index is 2.17. The van der Waals surface area contributed by atoms with Gasteiger partial charge >= 0.3 is 0 Å². The van der Waals surface area contributed by atoms with Gasteiger partial charge in [-0.3, -0.25) is 10.1 Å². The average molecular weight is 273 g/mol. The molecule has 106 valence electrons. The monoisotopic (exact) mass is 273 g/mol. The van der Waals surface area contributed by atoms with E-state index in [0.717, 1.165) is 19.3 Å². The van der Waals surface area contributed by atoms with Crippen LogP contribution in [0.1, 0.15) is 37.7 Å². The first-order valence-electron chi connectivity index (χ1n) is 6.95. The molecule has 1 aromatic carbocycles. The Bertz CT molecular complexity index is 522. The molecule has 0 spiro atoms. The quantitative estimate of drug-likeness (QED) is 0.461. The summed E-state index contributed by atoms with van der Waals surface area (Å²) in [6, 6.07) is 4.62. The number of nitro groups is 1. The van der Waals surface area contributed by atoms with Crippen LogP contribution >= 0.6 is 0 Å². The molecular weight excluding hydrogens is 254 g/mol. The van der Waals surface area contributed by atoms with Crippen molar-refractivity contribution >= 4 is 11.8 Å². The summed E-state index contributed by atoms with van der Waals surface area (Å²) < 4.78 is 5.97. The summed E-state index contributed by atoms with van der Waals surface area (Å²) in [6.45, 7) is 3.70. The van der Waals surface area contributed by atoms with Gasteiger partial charge in [0.05, 0.1) is 4.92 Å². The maximum atomic E-state index is 10.8. The first-order valence-corrected chi connectivity index (χ1v) is 6.95. The number of non-ortho nitro benzene ring substituents is 1. The third-order valence-electron chi connectivity index (χ3n) is 3.41. The zero-order chi connectivity index (χ0) is 14.4. The normalized spacial score (nSPS) is 20.5. The Hall–Kier alpha value is -2.10. The number of nitrogens with zero attached hydrogens (tertiary/aromatic N) is 1. The lowest BCUT2D eigenvalue weighted by Gasteiger charge is -2.18. The zero-order valence-electron chi connectivity index (χ0n) is 11.5. The lowest BCUT2D eigenvalue weighted by molar-refractivity contribution is -0.384. The van der Waals surface area contributed by atoms with Crippen LogP contribution in [0, 0.1) is 10.1 Å². The van der Waals surface area contributed by atoms with Crippen LogP contribution in [0.2, 0.25) is 0 Å². The smallest absolute Gasteiger partial charge is 0.270 e. The molecule has 0 heterocycles. The molecular formula is C16H19NO3. The average Bonchev–Trinajstić information content (AvgIpc) is 2.41. The Labute approximate surface area is 118 Å². The van der Waals surface area contributed by atoms with E-state index in [0.29, 0.717) is 11.3 Å². The fourth-order valence-electron chi connectivity index (χ4n) is 2.31. The molecule has 1 aliphatic rings. The van der Waals surface area contributed by atoms with Crippen molar-refractivity contribution < 1.29 is 9.66 Å². The summed E-state index contributed by atoms with van der Waals surface area (Å²) in [6.07, 6.45) is 11.5. The zero-order valence-corrected chi connectivity index (χ0v) is 11.5. The van der Waals surface area contributed by atoms with E-state index in [1.165, 1.54) is 25.0 Å². The number of ether oxygens (including phenoxy) is 1. The number of nitro benzene ring substituents is 1. The molecule has 1 unspecified atom stereocenters. The number of allylic oxidation sites excluding steroid dienone is 1. The lowest BCUT2D eigenvalue weighted by Crippen LogP contribution is -2.15. The predicted molar refractivity (Wildman–Crippen MR) is 79.8 cm³/mol. The van der Waals surface area contributed by atoms with Gasteiger partial charge in [0.15, 0.2) is 0 Å². The van der Waals surface area contributed by atoms with Gasteiger partial charge in [-0.05, 0) is 37.8 Å². The van der Waals surface area contributed by atoms with E-state index < -0.39 is 4.92 Å². The summed E-state index contributed by atoms with van der Waals surface area (Å²) in [5.74, 6) is 0.654. The fourth-order valence-corrected chi connectivity index (χ4v) is 2.31. The van der Waals surface area contributed by atoms with Crippen LogP contribution in [0.3, 0.4) is 0 Å². The molecule has 1 atom stereocenters. The van der Waals surface area contributed by atoms with E-state index in [1.54, 1.807) is 12.1 Å². The number of hydrogen-bond donors (Lipinski definition) is 0. The molecule has 2 rings (SSSR count). The van der Waals surface area contributed by atoms with Crippen LogP contribution in [-0.4, -0.2) is 11.0 Å². The van der Waals surface area contributed by atoms with Gasteiger partial charge in [-0.25, -0.2) is 0 Å². The molecule has 0 amide bonds.